The van der Waals surface area contributed by atoms with Crippen LogP contribution < -0.4 is 15.8 Å². The van der Waals surface area contributed by atoms with E-state index in [2.05, 4.69) is 20.3 Å². The molecule has 0 bridgehead atoms. The van der Waals surface area contributed by atoms with Crippen LogP contribution in [0.25, 0.3) is 33.4 Å². The number of nitrogens with zero attached hydrogens (tertiary/aromatic N) is 4. The minimum absolute atomic E-state index is 0.0422. The Morgan fingerprint density at radius 3 is 2.49 bits per heavy atom. The van der Waals surface area contributed by atoms with Crippen LogP contribution in [0.3, 0.4) is 0 Å². The number of ether oxygens (including phenoxy) is 1. The maximum Gasteiger partial charge on any atom is 0.274 e. The molecule has 3 N–H and O–H groups in total. The molecular weight excluding hydrogens is 440 g/mol. The zero-order valence-electron chi connectivity index (χ0n) is 19.0. The molecule has 8 nitrogen and oxygen atoms in total. The van der Waals surface area contributed by atoms with Gasteiger partial charge >= 0.3 is 0 Å². The maximum absolute atomic E-state index is 13.1. The monoisotopic (exact) mass is 462 g/mol. The van der Waals surface area contributed by atoms with E-state index in [0.29, 0.717) is 22.8 Å². The first-order valence-corrected chi connectivity index (χ1v) is 11.0. The van der Waals surface area contributed by atoms with E-state index in [9.17, 15) is 4.79 Å². The van der Waals surface area contributed by atoms with Gasteiger partial charge in [0.1, 0.15) is 11.4 Å². The molecule has 0 spiro atoms. The van der Waals surface area contributed by atoms with Crippen molar-refractivity contribution in [2.24, 2.45) is 0 Å². The minimum Gasteiger partial charge on any atom is -0.495 e. The van der Waals surface area contributed by atoms with Crippen LogP contribution in [0, 0.1) is 0 Å². The predicted molar refractivity (Wildman–Crippen MR) is 135 cm³/mol. The number of nitrogens with two attached hydrogens (primary N) is 1. The fraction of sp³-hybridized carbons (Fsp3) is 0.0741. The van der Waals surface area contributed by atoms with Crippen molar-refractivity contribution in [2.75, 3.05) is 12.8 Å². The summed E-state index contributed by atoms with van der Waals surface area (Å²) >= 11 is 0. The van der Waals surface area contributed by atoms with Crippen LogP contribution in [0.4, 0.5) is 5.82 Å². The molecule has 0 fully saturated rings. The molecule has 3 aromatic heterocycles. The summed E-state index contributed by atoms with van der Waals surface area (Å²) in [4.78, 5) is 31.1. The lowest BCUT2D eigenvalue weighted by molar-refractivity contribution is 0.0946. The summed E-state index contributed by atoms with van der Waals surface area (Å²) < 4.78 is 5.31. The van der Waals surface area contributed by atoms with Gasteiger partial charge in [0.05, 0.1) is 30.6 Å². The van der Waals surface area contributed by atoms with Crippen LogP contribution in [0.1, 0.15) is 16.2 Å². The Bertz CT molecular complexity index is 1520. The van der Waals surface area contributed by atoms with Crippen LogP contribution in [0.2, 0.25) is 0 Å². The van der Waals surface area contributed by atoms with Crippen molar-refractivity contribution >= 4 is 22.6 Å². The number of amides is 1. The largest absolute Gasteiger partial charge is 0.495 e. The summed E-state index contributed by atoms with van der Waals surface area (Å²) in [6.07, 6.45) is 3.39. The van der Waals surface area contributed by atoms with Gasteiger partial charge in [0, 0.05) is 28.9 Å². The molecule has 0 radical (unpaired) electrons. The highest BCUT2D eigenvalue weighted by Gasteiger charge is 2.20. The second-order valence-corrected chi connectivity index (χ2v) is 7.77. The maximum atomic E-state index is 13.1. The van der Waals surface area contributed by atoms with Crippen molar-refractivity contribution in [1.29, 1.82) is 0 Å². The summed E-state index contributed by atoms with van der Waals surface area (Å²) in [5, 5.41) is 3.78. The van der Waals surface area contributed by atoms with Crippen LogP contribution in [0.5, 0.6) is 5.75 Å². The quantitative estimate of drug-likeness (QED) is 0.387. The van der Waals surface area contributed by atoms with Crippen molar-refractivity contribution in [2.45, 2.75) is 6.54 Å². The summed E-state index contributed by atoms with van der Waals surface area (Å²) in [7, 11) is 1.56. The third kappa shape index (κ3) is 4.49. The van der Waals surface area contributed by atoms with Gasteiger partial charge in [-0.25, -0.2) is 9.97 Å². The number of methoxy groups -OCH3 is 1. The lowest BCUT2D eigenvalue weighted by Crippen LogP contribution is -2.26. The molecule has 0 aliphatic carbocycles. The van der Waals surface area contributed by atoms with Gasteiger partial charge in [-0.05, 0) is 30.3 Å². The molecule has 35 heavy (non-hydrogen) atoms. The van der Waals surface area contributed by atoms with Crippen molar-refractivity contribution in [3.63, 3.8) is 0 Å². The van der Waals surface area contributed by atoms with Gasteiger partial charge in [-0.1, -0.05) is 42.5 Å². The van der Waals surface area contributed by atoms with Gasteiger partial charge in [-0.15, -0.1) is 0 Å². The van der Waals surface area contributed by atoms with Crippen LogP contribution >= 0.6 is 0 Å². The highest BCUT2D eigenvalue weighted by molar-refractivity contribution is 5.98. The lowest BCUT2D eigenvalue weighted by atomic mass is 10.0. The number of aromatic nitrogens is 4. The van der Waals surface area contributed by atoms with Crippen molar-refractivity contribution in [3.05, 3.63) is 96.6 Å². The highest BCUT2D eigenvalue weighted by Crippen LogP contribution is 2.32. The van der Waals surface area contributed by atoms with E-state index in [1.165, 1.54) is 0 Å². The molecule has 172 valence electrons. The van der Waals surface area contributed by atoms with Gasteiger partial charge < -0.3 is 15.8 Å². The Morgan fingerprint density at radius 1 is 0.886 bits per heavy atom. The Balaban J connectivity index is 1.57. The number of nitrogen functional groups attached to an aromatic ring is 1. The number of anilines is 1. The van der Waals surface area contributed by atoms with E-state index < -0.39 is 5.91 Å². The number of carbonyl (C=O) groups excluding carboxylic acids is 1. The molecule has 8 heteroatoms. The average molecular weight is 463 g/mol. The molecular formula is C27H22N6O2. The highest BCUT2D eigenvalue weighted by atomic mass is 16.5. The molecule has 0 atom stereocenters. The first-order valence-electron chi connectivity index (χ1n) is 11.0. The average Bonchev–Trinajstić information content (AvgIpc) is 2.92. The predicted octanol–water partition coefficient (Wildman–Crippen LogP) is 4.27. The number of carbonyl (C=O) groups is 1. The lowest BCUT2D eigenvalue weighted by Gasteiger charge is -2.14. The molecule has 2 aromatic carbocycles. The van der Waals surface area contributed by atoms with E-state index in [-0.39, 0.29) is 18.1 Å². The van der Waals surface area contributed by atoms with Crippen molar-refractivity contribution in [3.8, 4) is 28.3 Å². The first-order chi connectivity index (χ1) is 17.1. The smallest absolute Gasteiger partial charge is 0.274 e. The van der Waals surface area contributed by atoms with Crippen molar-refractivity contribution in [1.82, 2.24) is 25.3 Å². The fourth-order valence-corrected chi connectivity index (χ4v) is 3.83. The van der Waals surface area contributed by atoms with E-state index >= 15 is 0 Å². The summed E-state index contributed by atoms with van der Waals surface area (Å²) in [6, 6.07) is 22.9. The Labute approximate surface area is 201 Å². The Kier molecular flexibility index (Phi) is 6.00. The summed E-state index contributed by atoms with van der Waals surface area (Å²) in [5.74, 6) is 0.170. The fourth-order valence-electron chi connectivity index (χ4n) is 3.83. The standard InChI is InChI=1S/C27H22N6O2/c1-35-22-10-6-14-30-21(22)16-31-27(34)25-26(28)33-23(17-7-3-2-4-8-17)24(32-25)19-11-12-20-18(15-19)9-5-13-29-20/h2-15H,16H2,1H3,(H2,28,33)(H,31,34). The molecule has 5 rings (SSSR count). The second-order valence-electron chi connectivity index (χ2n) is 7.77. The molecule has 5 aromatic rings. The Morgan fingerprint density at radius 2 is 1.66 bits per heavy atom. The Hall–Kier alpha value is -4.85. The summed E-state index contributed by atoms with van der Waals surface area (Å²) in [5.41, 5.74) is 10.5. The van der Waals surface area contributed by atoms with Gasteiger partial charge in [0.15, 0.2) is 11.5 Å². The number of hydrogen-bond donors (Lipinski definition) is 2. The van der Waals surface area contributed by atoms with Crippen LogP contribution in [0.15, 0.2) is 85.2 Å². The van der Waals surface area contributed by atoms with Gasteiger partial charge in [-0.2, -0.15) is 0 Å². The van der Waals surface area contributed by atoms with Crippen LogP contribution in [-0.2, 0) is 6.54 Å². The van der Waals surface area contributed by atoms with Gasteiger partial charge in [0.2, 0.25) is 0 Å². The summed E-state index contributed by atoms with van der Waals surface area (Å²) in [6.45, 7) is 0.154. The number of rotatable bonds is 6. The van der Waals surface area contributed by atoms with Gasteiger partial charge in [0.25, 0.3) is 5.91 Å². The number of nitrogens with one attached hydrogen (secondary N) is 1. The molecule has 0 unspecified atom stereocenters. The van der Waals surface area contributed by atoms with Gasteiger partial charge in [-0.3, -0.25) is 14.8 Å². The molecule has 0 aliphatic heterocycles. The minimum atomic E-state index is -0.453. The molecule has 1 amide bonds. The number of hydrogen-bond acceptors (Lipinski definition) is 7. The van der Waals surface area contributed by atoms with Crippen LogP contribution in [-0.4, -0.2) is 33.0 Å². The van der Waals surface area contributed by atoms with E-state index in [1.807, 2.05) is 60.7 Å². The number of benzene rings is 2. The molecule has 3 heterocycles. The van der Waals surface area contributed by atoms with E-state index in [4.69, 9.17) is 15.5 Å². The third-order valence-corrected chi connectivity index (χ3v) is 5.55. The topological polar surface area (TPSA) is 116 Å². The molecule has 0 saturated heterocycles. The van der Waals surface area contributed by atoms with E-state index in [0.717, 1.165) is 22.0 Å². The van der Waals surface area contributed by atoms with E-state index in [1.54, 1.807) is 31.6 Å². The zero-order chi connectivity index (χ0) is 24.2. The van der Waals surface area contributed by atoms with Crippen molar-refractivity contribution < 1.29 is 9.53 Å². The first kappa shape index (κ1) is 22.0. The molecule has 0 aliphatic rings. The normalized spacial score (nSPS) is 10.8. The second kappa shape index (κ2) is 9.56. The number of fused-ring (bicyclic) bond motifs is 1. The number of pyridine rings is 2. The third-order valence-electron chi connectivity index (χ3n) is 5.55. The zero-order valence-corrected chi connectivity index (χ0v) is 19.0. The molecule has 0 saturated carbocycles. The SMILES string of the molecule is COc1cccnc1CNC(=O)c1nc(-c2ccc3ncccc3c2)c(-c2ccccc2)nc1N.